The summed E-state index contributed by atoms with van der Waals surface area (Å²) in [6.07, 6.45) is 5.29. The number of amides is 1. The average molecular weight is 254 g/mol. The molecule has 0 aromatic rings. The molecule has 1 aliphatic heterocycles. The topological polar surface area (TPSA) is 58.6 Å². The SMILES string of the molecule is CNC1CCC2CCCC2N(CC(=O)OC)C1=O. The summed E-state index contributed by atoms with van der Waals surface area (Å²) in [6.45, 7) is 0.0919. The van der Waals surface area contributed by atoms with Crippen LogP contribution in [0.4, 0.5) is 0 Å². The standard InChI is InChI=1S/C13H22N2O3/c1-14-10-7-6-9-4-3-5-11(9)15(13(10)17)8-12(16)18-2/h9-11,14H,3-8H2,1-2H3. The molecule has 1 aliphatic carbocycles. The molecule has 3 atom stereocenters. The van der Waals surface area contributed by atoms with Gasteiger partial charge in [-0.05, 0) is 38.6 Å². The Balaban J connectivity index is 2.17. The van der Waals surface area contributed by atoms with E-state index in [1.54, 1.807) is 11.9 Å². The van der Waals surface area contributed by atoms with Crippen LogP contribution in [0, 0.1) is 5.92 Å². The van der Waals surface area contributed by atoms with Gasteiger partial charge in [-0.25, -0.2) is 0 Å². The summed E-state index contributed by atoms with van der Waals surface area (Å²) in [5.41, 5.74) is 0. The molecule has 2 rings (SSSR count). The van der Waals surface area contributed by atoms with Crippen LogP contribution in [0.2, 0.25) is 0 Å². The van der Waals surface area contributed by atoms with Crippen molar-refractivity contribution in [3.63, 3.8) is 0 Å². The summed E-state index contributed by atoms with van der Waals surface area (Å²) in [5, 5.41) is 3.06. The maximum Gasteiger partial charge on any atom is 0.325 e. The molecule has 0 radical (unpaired) electrons. The molecular weight excluding hydrogens is 232 g/mol. The maximum atomic E-state index is 12.4. The van der Waals surface area contributed by atoms with Crippen LogP contribution in [0.15, 0.2) is 0 Å². The smallest absolute Gasteiger partial charge is 0.325 e. The van der Waals surface area contributed by atoms with E-state index in [1.165, 1.54) is 13.5 Å². The lowest BCUT2D eigenvalue weighted by Crippen LogP contribution is -2.50. The Bertz CT molecular complexity index is 332. The van der Waals surface area contributed by atoms with Crippen molar-refractivity contribution in [1.29, 1.82) is 0 Å². The number of carbonyl (C=O) groups is 2. The van der Waals surface area contributed by atoms with Gasteiger partial charge in [0, 0.05) is 6.04 Å². The van der Waals surface area contributed by atoms with Gasteiger partial charge in [-0.3, -0.25) is 9.59 Å². The molecule has 5 nitrogen and oxygen atoms in total. The van der Waals surface area contributed by atoms with Gasteiger partial charge < -0.3 is 15.0 Å². The molecule has 3 unspecified atom stereocenters. The molecule has 0 spiro atoms. The highest BCUT2D eigenvalue weighted by Gasteiger charge is 2.40. The van der Waals surface area contributed by atoms with E-state index in [4.69, 9.17) is 4.74 Å². The van der Waals surface area contributed by atoms with E-state index in [0.29, 0.717) is 5.92 Å². The molecule has 1 heterocycles. The number of esters is 1. The molecule has 1 saturated heterocycles. The summed E-state index contributed by atoms with van der Waals surface area (Å²) >= 11 is 0. The van der Waals surface area contributed by atoms with Gasteiger partial charge in [-0.1, -0.05) is 6.42 Å². The molecule has 1 amide bonds. The Hall–Kier alpha value is -1.10. The second-order valence-corrected chi connectivity index (χ2v) is 5.22. The third-order valence-electron chi connectivity index (χ3n) is 4.30. The lowest BCUT2D eigenvalue weighted by molar-refractivity contribution is -0.149. The molecule has 2 fully saturated rings. The van der Waals surface area contributed by atoms with E-state index in [-0.39, 0.29) is 30.5 Å². The first-order valence-corrected chi connectivity index (χ1v) is 6.72. The molecule has 1 saturated carbocycles. The van der Waals surface area contributed by atoms with Crippen molar-refractivity contribution >= 4 is 11.9 Å². The lowest BCUT2D eigenvalue weighted by Gasteiger charge is -2.31. The van der Waals surface area contributed by atoms with Gasteiger partial charge in [0.2, 0.25) is 5.91 Å². The second kappa shape index (κ2) is 5.69. The maximum absolute atomic E-state index is 12.4. The Labute approximate surface area is 108 Å². The quantitative estimate of drug-likeness (QED) is 0.747. The van der Waals surface area contributed by atoms with Crippen LogP contribution < -0.4 is 5.32 Å². The zero-order valence-electron chi connectivity index (χ0n) is 11.1. The van der Waals surface area contributed by atoms with Crippen molar-refractivity contribution in [2.75, 3.05) is 20.7 Å². The Kier molecular flexibility index (Phi) is 4.22. The van der Waals surface area contributed by atoms with Gasteiger partial charge in [0.1, 0.15) is 6.54 Å². The Morgan fingerprint density at radius 1 is 1.39 bits per heavy atom. The number of ether oxygens (including phenoxy) is 1. The summed E-state index contributed by atoms with van der Waals surface area (Å²) < 4.78 is 4.71. The van der Waals surface area contributed by atoms with E-state index in [1.807, 2.05) is 0 Å². The van der Waals surface area contributed by atoms with Crippen molar-refractivity contribution in [2.45, 2.75) is 44.2 Å². The number of hydrogen-bond acceptors (Lipinski definition) is 4. The molecule has 2 aliphatic rings. The van der Waals surface area contributed by atoms with E-state index in [2.05, 4.69) is 5.32 Å². The minimum absolute atomic E-state index is 0.0531. The largest absolute Gasteiger partial charge is 0.468 e. The average Bonchev–Trinajstić information content (AvgIpc) is 2.79. The first-order valence-electron chi connectivity index (χ1n) is 6.72. The number of nitrogens with one attached hydrogen (secondary N) is 1. The highest BCUT2D eigenvalue weighted by Crippen LogP contribution is 2.36. The third kappa shape index (κ3) is 2.51. The van der Waals surface area contributed by atoms with Gasteiger partial charge in [0.25, 0.3) is 0 Å². The van der Waals surface area contributed by atoms with Crippen molar-refractivity contribution in [1.82, 2.24) is 10.2 Å². The predicted molar refractivity (Wildman–Crippen MR) is 66.9 cm³/mol. The first kappa shape index (κ1) is 13.3. The highest BCUT2D eigenvalue weighted by molar-refractivity contribution is 5.86. The Morgan fingerprint density at radius 2 is 2.17 bits per heavy atom. The molecule has 0 bridgehead atoms. The minimum atomic E-state index is -0.328. The molecule has 0 aromatic heterocycles. The number of carbonyl (C=O) groups excluding carboxylic acids is 2. The Morgan fingerprint density at radius 3 is 2.83 bits per heavy atom. The van der Waals surface area contributed by atoms with E-state index < -0.39 is 0 Å². The van der Waals surface area contributed by atoms with Crippen LogP contribution >= 0.6 is 0 Å². The monoisotopic (exact) mass is 254 g/mol. The van der Waals surface area contributed by atoms with Crippen molar-refractivity contribution in [2.24, 2.45) is 5.92 Å². The molecular formula is C13H22N2O3. The van der Waals surface area contributed by atoms with E-state index in [0.717, 1.165) is 25.7 Å². The van der Waals surface area contributed by atoms with Gasteiger partial charge in [0.05, 0.1) is 13.2 Å². The van der Waals surface area contributed by atoms with Crippen LogP contribution in [0.3, 0.4) is 0 Å². The third-order valence-corrected chi connectivity index (χ3v) is 4.30. The number of rotatable bonds is 3. The number of hydrogen-bond donors (Lipinski definition) is 1. The summed E-state index contributed by atoms with van der Waals surface area (Å²) in [4.78, 5) is 25.7. The van der Waals surface area contributed by atoms with Gasteiger partial charge >= 0.3 is 5.97 Å². The zero-order chi connectivity index (χ0) is 13.1. The summed E-state index contributed by atoms with van der Waals surface area (Å²) in [6, 6.07) is 0.0789. The summed E-state index contributed by atoms with van der Waals surface area (Å²) in [5.74, 6) is 0.278. The van der Waals surface area contributed by atoms with Gasteiger partial charge in [0.15, 0.2) is 0 Å². The zero-order valence-corrected chi connectivity index (χ0v) is 11.1. The first-order chi connectivity index (χ1) is 8.67. The second-order valence-electron chi connectivity index (χ2n) is 5.22. The van der Waals surface area contributed by atoms with Crippen LogP contribution in [0.1, 0.15) is 32.1 Å². The van der Waals surface area contributed by atoms with Gasteiger partial charge in [-0.15, -0.1) is 0 Å². The highest BCUT2D eigenvalue weighted by atomic mass is 16.5. The molecule has 5 heteroatoms. The number of likely N-dealkylation sites (tertiary alicyclic amines) is 1. The predicted octanol–water partition coefficient (Wildman–Crippen LogP) is 0.539. The lowest BCUT2D eigenvalue weighted by atomic mass is 9.97. The van der Waals surface area contributed by atoms with Crippen LogP contribution in [-0.4, -0.2) is 49.6 Å². The summed E-state index contributed by atoms with van der Waals surface area (Å²) in [7, 11) is 3.17. The fraction of sp³-hybridized carbons (Fsp3) is 0.846. The molecule has 0 aromatic carbocycles. The van der Waals surface area contributed by atoms with E-state index >= 15 is 0 Å². The van der Waals surface area contributed by atoms with Crippen LogP contribution in [-0.2, 0) is 14.3 Å². The molecule has 1 N–H and O–H groups in total. The molecule has 102 valence electrons. The number of fused-ring (bicyclic) bond motifs is 1. The normalized spacial score (nSPS) is 32.0. The van der Waals surface area contributed by atoms with Crippen molar-refractivity contribution in [3.8, 4) is 0 Å². The van der Waals surface area contributed by atoms with Gasteiger partial charge in [-0.2, -0.15) is 0 Å². The fourth-order valence-electron chi connectivity index (χ4n) is 3.30. The van der Waals surface area contributed by atoms with Crippen LogP contribution in [0.5, 0.6) is 0 Å². The molecule has 18 heavy (non-hydrogen) atoms. The van der Waals surface area contributed by atoms with E-state index in [9.17, 15) is 9.59 Å². The number of likely N-dealkylation sites (N-methyl/N-ethyl adjacent to an activating group) is 1. The van der Waals surface area contributed by atoms with Crippen molar-refractivity contribution in [3.05, 3.63) is 0 Å². The van der Waals surface area contributed by atoms with Crippen LogP contribution in [0.25, 0.3) is 0 Å². The number of methoxy groups -OCH3 is 1. The number of nitrogens with zero attached hydrogens (tertiary/aromatic N) is 1. The van der Waals surface area contributed by atoms with Crippen molar-refractivity contribution < 1.29 is 14.3 Å². The fourth-order valence-corrected chi connectivity index (χ4v) is 3.30. The minimum Gasteiger partial charge on any atom is -0.468 e.